The van der Waals surface area contributed by atoms with Crippen molar-refractivity contribution in [1.29, 1.82) is 0 Å². The summed E-state index contributed by atoms with van der Waals surface area (Å²) in [5, 5.41) is 3.25. The maximum absolute atomic E-state index is 11.9. The Morgan fingerprint density at radius 3 is 2.73 bits per heavy atom. The van der Waals surface area contributed by atoms with E-state index in [4.69, 9.17) is 0 Å². The van der Waals surface area contributed by atoms with Gasteiger partial charge in [-0.3, -0.25) is 0 Å². The molecule has 1 heterocycles. The van der Waals surface area contributed by atoms with E-state index in [2.05, 4.69) is 5.32 Å². The van der Waals surface area contributed by atoms with Crippen LogP contribution in [0, 0.1) is 5.92 Å². The highest BCUT2D eigenvalue weighted by Crippen LogP contribution is 2.14. The van der Waals surface area contributed by atoms with Crippen LogP contribution < -0.4 is 5.32 Å². The molecule has 1 atom stereocenters. The SMILES string of the molecule is CCCN(C)S(=O)(=O)CC1CCCNC1. The summed E-state index contributed by atoms with van der Waals surface area (Å²) in [5.41, 5.74) is 0. The maximum Gasteiger partial charge on any atom is 0.214 e. The van der Waals surface area contributed by atoms with Gasteiger partial charge in [-0.25, -0.2) is 12.7 Å². The van der Waals surface area contributed by atoms with Gasteiger partial charge in [-0.05, 0) is 38.3 Å². The van der Waals surface area contributed by atoms with Crippen LogP contribution in [0.5, 0.6) is 0 Å². The van der Waals surface area contributed by atoms with Gasteiger partial charge in [0, 0.05) is 13.6 Å². The van der Waals surface area contributed by atoms with Gasteiger partial charge in [0.2, 0.25) is 10.0 Å². The van der Waals surface area contributed by atoms with Crippen molar-refractivity contribution in [1.82, 2.24) is 9.62 Å². The van der Waals surface area contributed by atoms with Crippen LogP contribution in [-0.4, -0.2) is 45.2 Å². The summed E-state index contributed by atoms with van der Waals surface area (Å²) in [7, 11) is -1.35. The van der Waals surface area contributed by atoms with E-state index in [0.717, 1.165) is 32.4 Å². The number of rotatable bonds is 5. The van der Waals surface area contributed by atoms with Gasteiger partial charge in [0.25, 0.3) is 0 Å². The smallest absolute Gasteiger partial charge is 0.214 e. The van der Waals surface area contributed by atoms with Gasteiger partial charge < -0.3 is 5.32 Å². The van der Waals surface area contributed by atoms with Crippen LogP contribution in [0.3, 0.4) is 0 Å². The number of sulfonamides is 1. The first-order valence-electron chi connectivity index (χ1n) is 5.71. The van der Waals surface area contributed by atoms with E-state index in [1.165, 1.54) is 4.31 Å². The molecular weight excluding hydrogens is 212 g/mol. The van der Waals surface area contributed by atoms with Gasteiger partial charge in [-0.1, -0.05) is 6.92 Å². The molecule has 1 saturated heterocycles. The summed E-state index contributed by atoms with van der Waals surface area (Å²) in [4.78, 5) is 0. The Bertz CT molecular complexity index is 271. The molecular formula is C10H22N2O2S. The molecule has 0 bridgehead atoms. The van der Waals surface area contributed by atoms with E-state index in [9.17, 15) is 8.42 Å². The van der Waals surface area contributed by atoms with Crippen LogP contribution in [0.25, 0.3) is 0 Å². The van der Waals surface area contributed by atoms with Crippen molar-refractivity contribution in [3.05, 3.63) is 0 Å². The fourth-order valence-electron chi connectivity index (χ4n) is 1.95. The topological polar surface area (TPSA) is 49.4 Å². The highest BCUT2D eigenvalue weighted by Gasteiger charge is 2.24. The summed E-state index contributed by atoms with van der Waals surface area (Å²) < 4.78 is 25.3. The Labute approximate surface area is 93.1 Å². The molecule has 1 rings (SSSR count). The zero-order valence-electron chi connectivity index (χ0n) is 9.70. The number of hydrogen-bond donors (Lipinski definition) is 1. The summed E-state index contributed by atoms with van der Waals surface area (Å²) >= 11 is 0. The lowest BCUT2D eigenvalue weighted by molar-refractivity contribution is 0.391. The molecule has 0 saturated carbocycles. The van der Waals surface area contributed by atoms with Crippen molar-refractivity contribution < 1.29 is 8.42 Å². The van der Waals surface area contributed by atoms with Crippen molar-refractivity contribution in [3.8, 4) is 0 Å². The lowest BCUT2D eigenvalue weighted by Crippen LogP contribution is -2.38. The minimum absolute atomic E-state index is 0.294. The molecule has 0 aromatic rings. The molecule has 1 unspecified atom stereocenters. The predicted molar refractivity (Wildman–Crippen MR) is 62.3 cm³/mol. The molecule has 90 valence electrons. The summed E-state index contributed by atoms with van der Waals surface area (Å²) in [5.74, 6) is 0.597. The van der Waals surface area contributed by atoms with Crippen molar-refractivity contribution in [2.75, 3.05) is 32.4 Å². The third kappa shape index (κ3) is 4.09. The van der Waals surface area contributed by atoms with Crippen LogP contribution in [-0.2, 0) is 10.0 Å². The number of hydrogen-bond acceptors (Lipinski definition) is 3. The van der Waals surface area contributed by atoms with Crippen molar-refractivity contribution in [2.45, 2.75) is 26.2 Å². The van der Waals surface area contributed by atoms with Gasteiger partial charge in [0.15, 0.2) is 0 Å². The van der Waals surface area contributed by atoms with E-state index in [-0.39, 0.29) is 0 Å². The van der Waals surface area contributed by atoms with Gasteiger partial charge >= 0.3 is 0 Å². The van der Waals surface area contributed by atoms with Crippen molar-refractivity contribution in [3.63, 3.8) is 0 Å². The highest BCUT2D eigenvalue weighted by atomic mass is 32.2. The molecule has 1 fully saturated rings. The molecule has 0 amide bonds. The van der Waals surface area contributed by atoms with Crippen molar-refractivity contribution >= 4 is 10.0 Å². The normalized spacial score (nSPS) is 23.3. The second-order valence-electron chi connectivity index (χ2n) is 4.31. The first kappa shape index (κ1) is 12.9. The third-order valence-corrected chi connectivity index (χ3v) is 4.88. The quantitative estimate of drug-likeness (QED) is 0.760. The van der Waals surface area contributed by atoms with Gasteiger partial charge in [0.05, 0.1) is 5.75 Å². The first-order valence-corrected chi connectivity index (χ1v) is 7.32. The fourth-order valence-corrected chi connectivity index (χ4v) is 3.54. The zero-order valence-corrected chi connectivity index (χ0v) is 10.5. The Morgan fingerprint density at radius 1 is 1.47 bits per heavy atom. The summed E-state index contributed by atoms with van der Waals surface area (Å²) in [6.07, 6.45) is 3.00. The number of piperidine rings is 1. The molecule has 1 N–H and O–H groups in total. The van der Waals surface area contributed by atoms with Gasteiger partial charge in [-0.15, -0.1) is 0 Å². The minimum Gasteiger partial charge on any atom is -0.316 e. The fraction of sp³-hybridized carbons (Fsp3) is 1.00. The Hall–Kier alpha value is -0.130. The van der Waals surface area contributed by atoms with E-state index >= 15 is 0 Å². The Morgan fingerprint density at radius 2 is 2.20 bits per heavy atom. The lowest BCUT2D eigenvalue weighted by Gasteiger charge is -2.25. The molecule has 5 heteroatoms. The molecule has 0 aromatic heterocycles. The van der Waals surface area contributed by atoms with E-state index in [0.29, 0.717) is 18.2 Å². The lowest BCUT2D eigenvalue weighted by atomic mass is 10.0. The Balaban J connectivity index is 2.47. The average molecular weight is 234 g/mol. The second-order valence-corrected chi connectivity index (χ2v) is 6.43. The van der Waals surface area contributed by atoms with Crippen LogP contribution in [0.15, 0.2) is 0 Å². The molecule has 0 aliphatic carbocycles. The predicted octanol–water partition coefficient (Wildman–Crippen LogP) is 0.658. The maximum atomic E-state index is 11.9. The van der Waals surface area contributed by atoms with Crippen molar-refractivity contribution in [2.24, 2.45) is 5.92 Å². The minimum atomic E-state index is -3.03. The molecule has 1 aliphatic heterocycles. The molecule has 0 spiro atoms. The monoisotopic (exact) mass is 234 g/mol. The van der Waals surface area contributed by atoms with Crippen LogP contribution in [0.1, 0.15) is 26.2 Å². The molecule has 1 aliphatic rings. The van der Waals surface area contributed by atoms with Crippen LogP contribution in [0.4, 0.5) is 0 Å². The standard InChI is InChI=1S/C10H22N2O2S/c1-3-7-12(2)15(13,14)9-10-5-4-6-11-8-10/h10-11H,3-9H2,1-2H3. The molecule has 4 nitrogen and oxygen atoms in total. The number of nitrogens with zero attached hydrogens (tertiary/aromatic N) is 1. The summed E-state index contributed by atoms with van der Waals surface area (Å²) in [6.45, 7) is 4.50. The third-order valence-electron chi connectivity index (χ3n) is 2.86. The Kier molecular flexibility index (Phi) is 5.02. The first-order chi connectivity index (χ1) is 7.06. The molecule has 0 aromatic carbocycles. The molecule has 0 radical (unpaired) electrons. The molecule has 15 heavy (non-hydrogen) atoms. The van der Waals surface area contributed by atoms with Gasteiger partial charge in [-0.2, -0.15) is 0 Å². The van der Waals surface area contributed by atoms with Gasteiger partial charge in [0.1, 0.15) is 0 Å². The largest absolute Gasteiger partial charge is 0.316 e. The van der Waals surface area contributed by atoms with E-state index in [1.807, 2.05) is 6.92 Å². The highest BCUT2D eigenvalue weighted by molar-refractivity contribution is 7.89. The number of nitrogens with one attached hydrogen (secondary N) is 1. The summed E-state index contributed by atoms with van der Waals surface area (Å²) in [6, 6.07) is 0. The average Bonchev–Trinajstić information content (AvgIpc) is 2.19. The van der Waals surface area contributed by atoms with E-state index < -0.39 is 10.0 Å². The van der Waals surface area contributed by atoms with E-state index in [1.54, 1.807) is 7.05 Å². The van der Waals surface area contributed by atoms with Crippen LogP contribution >= 0.6 is 0 Å². The second kappa shape index (κ2) is 5.82. The zero-order chi connectivity index (χ0) is 11.3. The van der Waals surface area contributed by atoms with Crippen LogP contribution in [0.2, 0.25) is 0 Å².